The lowest BCUT2D eigenvalue weighted by Crippen LogP contribution is -2.49. The van der Waals surface area contributed by atoms with Crippen molar-refractivity contribution in [2.45, 2.75) is 6.54 Å². The topological polar surface area (TPSA) is 93.6 Å². The Morgan fingerprint density at radius 2 is 1.51 bits per heavy atom. The van der Waals surface area contributed by atoms with Gasteiger partial charge in [-0.05, 0) is 11.1 Å². The predicted octanol–water partition coefficient (Wildman–Crippen LogP) is 1.69. The second-order valence-electron chi connectivity index (χ2n) is 8.79. The summed E-state index contributed by atoms with van der Waals surface area (Å²) < 4.78 is 2.25. The number of hydrogen-bond donors (Lipinski definition) is 1. The number of carbonyl (C=O) groups is 1. The average molecular weight is 474 g/mol. The van der Waals surface area contributed by atoms with Crippen molar-refractivity contribution >= 4 is 17.7 Å². The van der Waals surface area contributed by atoms with Gasteiger partial charge in [0.05, 0.1) is 13.1 Å². The molecule has 1 saturated heterocycles. The monoisotopic (exact) mass is 473 g/mol. The maximum atomic E-state index is 13.2. The second kappa shape index (κ2) is 11.1. The third-order valence-electron chi connectivity index (χ3n) is 6.35. The molecule has 182 valence electrons. The van der Waals surface area contributed by atoms with Crippen LogP contribution in [0.3, 0.4) is 0 Å². The molecule has 2 N–H and O–H groups in total. The highest BCUT2D eigenvalue weighted by molar-refractivity contribution is 6.01. The zero-order valence-electron chi connectivity index (χ0n) is 20.0. The van der Waals surface area contributed by atoms with Crippen LogP contribution in [0.4, 0.5) is 5.82 Å². The molecule has 0 spiro atoms. The molecule has 0 radical (unpaired) electrons. The number of ketones is 1. The van der Waals surface area contributed by atoms with Crippen molar-refractivity contribution in [3.8, 4) is 0 Å². The summed E-state index contributed by atoms with van der Waals surface area (Å²) in [4.78, 5) is 43.0. The van der Waals surface area contributed by atoms with Crippen molar-refractivity contribution in [3.63, 3.8) is 0 Å². The lowest BCUT2D eigenvalue weighted by Gasteiger charge is -2.33. The van der Waals surface area contributed by atoms with Crippen LogP contribution in [0.5, 0.6) is 0 Å². The first-order chi connectivity index (χ1) is 16.9. The largest absolute Gasteiger partial charge is 0.384 e. The van der Waals surface area contributed by atoms with Gasteiger partial charge in [-0.3, -0.25) is 28.5 Å². The molecule has 0 aliphatic carbocycles. The van der Waals surface area contributed by atoms with Crippen molar-refractivity contribution in [1.29, 1.82) is 0 Å². The number of piperazine rings is 1. The molecule has 4 rings (SSSR count). The minimum Gasteiger partial charge on any atom is -0.384 e. The summed E-state index contributed by atoms with van der Waals surface area (Å²) in [5.74, 6) is -0.432. The molecule has 35 heavy (non-hydrogen) atoms. The van der Waals surface area contributed by atoms with Gasteiger partial charge in [0.25, 0.3) is 5.56 Å². The molecule has 0 bridgehead atoms. The minimum atomic E-state index is -0.647. The fraction of sp³-hybridized carbons (Fsp3) is 0.296. The van der Waals surface area contributed by atoms with Crippen LogP contribution in [0, 0.1) is 0 Å². The Morgan fingerprint density at radius 1 is 0.914 bits per heavy atom. The van der Waals surface area contributed by atoms with Crippen LogP contribution in [0.2, 0.25) is 0 Å². The summed E-state index contributed by atoms with van der Waals surface area (Å²) in [6, 6.07) is 19.5. The van der Waals surface area contributed by atoms with Crippen LogP contribution in [0.1, 0.15) is 21.5 Å². The standard InChI is InChI=1S/C27H31N5O3/c1-29-26(34)24(25(28)32(27(29)35)19-22-11-6-3-7-12-22)23(33)20-31-17-15-30(16-18-31)14-8-13-21-9-4-2-5-10-21/h2-13H,14-20,28H2,1H3. The normalized spacial score (nSPS) is 15.0. The lowest BCUT2D eigenvalue weighted by molar-refractivity contribution is 0.0863. The third-order valence-corrected chi connectivity index (χ3v) is 6.35. The summed E-state index contributed by atoms with van der Waals surface area (Å²) >= 11 is 0. The van der Waals surface area contributed by atoms with Crippen LogP contribution in [0.25, 0.3) is 6.08 Å². The third kappa shape index (κ3) is 5.85. The van der Waals surface area contributed by atoms with Crippen molar-refractivity contribution < 1.29 is 4.79 Å². The Labute approximate surface area is 204 Å². The van der Waals surface area contributed by atoms with Crippen molar-refractivity contribution in [2.24, 2.45) is 7.05 Å². The number of rotatable bonds is 8. The minimum absolute atomic E-state index is 0.0726. The molecule has 0 amide bonds. The number of anilines is 1. The van der Waals surface area contributed by atoms with Gasteiger partial charge in [-0.1, -0.05) is 72.8 Å². The van der Waals surface area contributed by atoms with E-state index in [2.05, 4.69) is 29.2 Å². The van der Waals surface area contributed by atoms with E-state index in [0.29, 0.717) is 0 Å². The molecule has 0 saturated carbocycles. The highest BCUT2D eigenvalue weighted by Crippen LogP contribution is 2.11. The summed E-state index contributed by atoms with van der Waals surface area (Å²) in [6.45, 7) is 4.21. The van der Waals surface area contributed by atoms with E-state index >= 15 is 0 Å². The van der Waals surface area contributed by atoms with Gasteiger partial charge in [0.2, 0.25) is 0 Å². The summed E-state index contributed by atoms with van der Waals surface area (Å²) in [7, 11) is 1.38. The van der Waals surface area contributed by atoms with Gasteiger partial charge in [-0.2, -0.15) is 0 Å². The van der Waals surface area contributed by atoms with E-state index in [9.17, 15) is 14.4 Å². The molecule has 8 nitrogen and oxygen atoms in total. The van der Waals surface area contributed by atoms with Crippen LogP contribution in [-0.4, -0.2) is 64.0 Å². The van der Waals surface area contributed by atoms with E-state index in [0.717, 1.165) is 42.9 Å². The number of nitrogens with two attached hydrogens (primary N) is 1. The maximum absolute atomic E-state index is 13.2. The summed E-state index contributed by atoms with van der Waals surface area (Å²) in [6.07, 6.45) is 4.26. The highest BCUT2D eigenvalue weighted by atomic mass is 16.2. The fourth-order valence-corrected chi connectivity index (χ4v) is 4.28. The van der Waals surface area contributed by atoms with Crippen LogP contribution < -0.4 is 17.0 Å². The molecule has 1 fully saturated rings. The van der Waals surface area contributed by atoms with Gasteiger partial charge in [0, 0.05) is 39.8 Å². The zero-order chi connectivity index (χ0) is 24.8. The molecule has 2 heterocycles. The highest BCUT2D eigenvalue weighted by Gasteiger charge is 2.25. The predicted molar refractivity (Wildman–Crippen MR) is 139 cm³/mol. The first-order valence-corrected chi connectivity index (χ1v) is 11.8. The summed E-state index contributed by atoms with van der Waals surface area (Å²) in [5, 5.41) is 0. The number of Topliss-reactive ketones (excluding diaryl/α,β-unsaturated/α-hetero) is 1. The van der Waals surface area contributed by atoms with Gasteiger partial charge in [0.1, 0.15) is 11.4 Å². The zero-order valence-corrected chi connectivity index (χ0v) is 20.0. The number of benzene rings is 2. The van der Waals surface area contributed by atoms with Gasteiger partial charge in [-0.25, -0.2) is 4.79 Å². The Bertz CT molecular complexity index is 1300. The summed E-state index contributed by atoms with van der Waals surface area (Å²) in [5.41, 5.74) is 6.96. The van der Waals surface area contributed by atoms with Gasteiger partial charge < -0.3 is 5.73 Å². The Hall–Kier alpha value is -3.75. The molecule has 2 aromatic carbocycles. The van der Waals surface area contributed by atoms with E-state index in [1.165, 1.54) is 17.2 Å². The first kappa shape index (κ1) is 24.4. The molecule has 0 unspecified atom stereocenters. The number of hydrogen-bond acceptors (Lipinski definition) is 6. The lowest BCUT2D eigenvalue weighted by atomic mass is 10.1. The van der Waals surface area contributed by atoms with E-state index in [-0.39, 0.29) is 30.3 Å². The SMILES string of the molecule is Cn1c(=O)c(C(=O)CN2CCN(CC=Cc3ccccc3)CC2)c(N)n(Cc2ccccc2)c1=O. The van der Waals surface area contributed by atoms with Crippen LogP contribution >= 0.6 is 0 Å². The van der Waals surface area contributed by atoms with E-state index in [4.69, 9.17) is 5.73 Å². The van der Waals surface area contributed by atoms with E-state index < -0.39 is 11.2 Å². The molecule has 1 aliphatic rings. The van der Waals surface area contributed by atoms with Crippen LogP contribution in [0.15, 0.2) is 76.3 Å². The number of carbonyl (C=O) groups excluding carboxylic acids is 1. The second-order valence-corrected chi connectivity index (χ2v) is 8.79. The van der Waals surface area contributed by atoms with Crippen LogP contribution in [-0.2, 0) is 13.6 Å². The molecule has 3 aromatic rings. The molecular weight excluding hydrogens is 442 g/mol. The van der Waals surface area contributed by atoms with E-state index in [1.54, 1.807) is 0 Å². The van der Waals surface area contributed by atoms with Crippen molar-refractivity contribution in [1.82, 2.24) is 18.9 Å². The van der Waals surface area contributed by atoms with Gasteiger partial charge in [0.15, 0.2) is 5.78 Å². The number of nitrogen functional groups attached to an aromatic ring is 1. The Kier molecular flexibility index (Phi) is 7.74. The van der Waals surface area contributed by atoms with Crippen molar-refractivity contribution in [2.75, 3.05) is 45.0 Å². The fourth-order valence-electron chi connectivity index (χ4n) is 4.28. The number of nitrogens with zero attached hydrogens (tertiary/aromatic N) is 4. The molecule has 8 heteroatoms. The van der Waals surface area contributed by atoms with E-state index in [1.807, 2.05) is 53.4 Å². The Balaban J connectivity index is 1.40. The molecule has 1 aliphatic heterocycles. The Morgan fingerprint density at radius 3 is 2.17 bits per heavy atom. The molecular formula is C27H31N5O3. The smallest absolute Gasteiger partial charge is 0.332 e. The molecule has 0 atom stereocenters. The van der Waals surface area contributed by atoms with Gasteiger partial charge in [-0.15, -0.1) is 0 Å². The van der Waals surface area contributed by atoms with Gasteiger partial charge >= 0.3 is 5.69 Å². The van der Waals surface area contributed by atoms with Crippen molar-refractivity contribution in [3.05, 3.63) is 104 Å². The quantitative estimate of drug-likeness (QED) is 0.501. The number of aromatic nitrogens is 2. The average Bonchev–Trinajstić information content (AvgIpc) is 2.88. The first-order valence-electron chi connectivity index (χ1n) is 11.8. The molecule has 1 aromatic heterocycles. The maximum Gasteiger partial charge on any atom is 0.332 e.